The maximum absolute atomic E-state index is 13.3. The molecule has 1 aromatic heterocycles. The zero-order valence-corrected chi connectivity index (χ0v) is 15.0. The number of aromatic nitrogens is 1. The second-order valence-corrected chi connectivity index (χ2v) is 7.27. The molecule has 4 rings (SSSR count). The van der Waals surface area contributed by atoms with E-state index >= 15 is 0 Å². The van der Waals surface area contributed by atoms with Gasteiger partial charge in [0, 0.05) is 12.6 Å². The summed E-state index contributed by atoms with van der Waals surface area (Å²) in [6.07, 6.45) is 2.99. The Hall–Kier alpha value is -2.47. The van der Waals surface area contributed by atoms with Crippen LogP contribution in [0, 0.1) is 17.6 Å². The molecule has 3 aromatic rings. The lowest BCUT2D eigenvalue weighted by Crippen LogP contribution is -2.33. The molecule has 1 saturated heterocycles. The maximum Gasteiger partial charge on any atom is 0.290 e. The number of halogens is 2. The second-order valence-electron chi connectivity index (χ2n) is 7.27. The van der Waals surface area contributed by atoms with Gasteiger partial charge in [0.15, 0.2) is 5.58 Å². The fourth-order valence-corrected chi connectivity index (χ4v) is 3.77. The van der Waals surface area contributed by atoms with Crippen LogP contribution in [0.2, 0.25) is 0 Å². The van der Waals surface area contributed by atoms with E-state index in [0.717, 1.165) is 44.5 Å². The molecule has 142 valence electrons. The topological polar surface area (TPSA) is 38.4 Å². The Labute approximate surface area is 156 Å². The van der Waals surface area contributed by atoms with Gasteiger partial charge in [0.25, 0.3) is 5.56 Å². The fraction of sp³-hybridized carbons (Fsp3) is 0.381. The van der Waals surface area contributed by atoms with Gasteiger partial charge in [-0.3, -0.25) is 9.69 Å². The van der Waals surface area contributed by atoms with Crippen molar-refractivity contribution in [3.63, 3.8) is 0 Å². The minimum Gasteiger partial charge on any atom is -0.376 e. The Morgan fingerprint density at radius 1 is 1.00 bits per heavy atom. The third-order valence-electron chi connectivity index (χ3n) is 5.38. The van der Waals surface area contributed by atoms with Crippen LogP contribution in [0.3, 0.4) is 0 Å². The number of benzene rings is 2. The molecule has 2 heterocycles. The van der Waals surface area contributed by atoms with Gasteiger partial charge >= 0.3 is 0 Å². The summed E-state index contributed by atoms with van der Waals surface area (Å²) in [5, 5.41) is 0.422. The second kappa shape index (κ2) is 7.64. The zero-order valence-electron chi connectivity index (χ0n) is 15.0. The van der Waals surface area contributed by atoms with E-state index in [1.807, 2.05) is 12.1 Å². The monoisotopic (exact) mass is 372 g/mol. The summed E-state index contributed by atoms with van der Waals surface area (Å²) in [6.45, 7) is 3.32. The predicted octanol–water partition coefficient (Wildman–Crippen LogP) is 4.18. The van der Waals surface area contributed by atoms with Crippen molar-refractivity contribution in [2.24, 2.45) is 5.92 Å². The van der Waals surface area contributed by atoms with Gasteiger partial charge in [0.2, 0.25) is 0 Å². The van der Waals surface area contributed by atoms with Gasteiger partial charge < -0.3 is 4.52 Å². The Kier molecular flexibility index (Phi) is 5.07. The highest BCUT2D eigenvalue weighted by Gasteiger charge is 2.20. The van der Waals surface area contributed by atoms with Gasteiger partial charge in [-0.25, -0.2) is 8.78 Å². The molecule has 0 bridgehead atoms. The third-order valence-corrected chi connectivity index (χ3v) is 5.38. The summed E-state index contributed by atoms with van der Waals surface area (Å²) < 4.78 is 33.1. The number of piperidine rings is 1. The number of hydrogen-bond donors (Lipinski definition) is 0. The first-order valence-corrected chi connectivity index (χ1v) is 9.35. The molecule has 1 fully saturated rings. The number of hydrogen-bond acceptors (Lipinski definition) is 3. The Balaban J connectivity index is 1.30. The van der Waals surface area contributed by atoms with Gasteiger partial charge in [-0.2, -0.15) is 4.74 Å². The van der Waals surface area contributed by atoms with Crippen molar-refractivity contribution < 1.29 is 13.3 Å². The quantitative estimate of drug-likeness (QED) is 0.675. The van der Waals surface area contributed by atoms with E-state index in [1.54, 1.807) is 0 Å². The number of aryl methyl sites for hydroxylation is 1. The predicted molar refractivity (Wildman–Crippen MR) is 99.5 cm³/mol. The van der Waals surface area contributed by atoms with Crippen molar-refractivity contribution in [1.29, 1.82) is 0 Å². The van der Waals surface area contributed by atoms with E-state index in [1.165, 1.54) is 35.1 Å². The highest BCUT2D eigenvalue weighted by atomic mass is 19.1. The standard InChI is InChI=1S/C21H22F2N2O2/c22-17-3-1-16(2-4-17)14-24-10-7-15(8-11-24)9-12-25-21(26)19-6-5-18(23)13-20(19)27-25/h1-6,13,15H,7-12,14H2. The zero-order chi connectivity index (χ0) is 18.8. The molecule has 0 amide bonds. The average Bonchev–Trinajstić information content (AvgIpc) is 2.98. The highest BCUT2D eigenvalue weighted by Crippen LogP contribution is 2.23. The number of fused-ring (bicyclic) bond motifs is 1. The number of rotatable bonds is 5. The van der Waals surface area contributed by atoms with Crippen LogP contribution < -0.4 is 5.56 Å². The lowest BCUT2D eigenvalue weighted by molar-refractivity contribution is 0.159. The molecule has 4 nitrogen and oxygen atoms in total. The Morgan fingerprint density at radius 2 is 1.70 bits per heavy atom. The van der Waals surface area contributed by atoms with Crippen LogP contribution in [0.25, 0.3) is 11.0 Å². The van der Waals surface area contributed by atoms with Crippen LogP contribution in [0.4, 0.5) is 8.78 Å². The van der Waals surface area contributed by atoms with Crippen LogP contribution in [-0.2, 0) is 13.1 Å². The normalized spacial score (nSPS) is 16.2. The molecule has 2 aromatic carbocycles. The van der Waals surface area contributed by atoms with Crippen LogP contribution >= 0.6 is 0 Å². The largest absolute Gasteiger partial charge is 0.376 e. The molecule has 6 heteroatoms. The Bertz CT molecular complexity index is 970. The molecule has 1 aliphatic rings. The van der Waals surface area contributed by atoms with Gasteiger partial charge in [0.05, 0.1) is 11.9 Å². The van der Waals surface area contributed by atoms with Gasteiger partial charge in [0.1, 0.15) is 11.6 Å². The molecule has 0 aliphatic carbocycles. The van der Waals surface area contributed by atoms with Crippen LogP contribution in [-0.4, -0.2) is 22.7 Å². The Morgan fingerprint density at radius 3 is 2.44 bits per heavy atom. The lowest BCUT2D eigenvalue weighted by Gasteiger charge is -2.31. The van der Waals surface area contributed by atoms with E-state index in [-0.39, 0.29) is 11.4 Å². The van der Waals surface area contributed by atoms with Gasteiger partial charge in [-0.15, -0.1) is 0 Å². The molecular weight excluding hydrogens is 350 g/mol. The van der Waals surface area contributed by atoms with E-state index in [9.17, 15) is 13.6 Å². The first kappa shape index (κ1) is 17.9. The minimum atomic E-state index is -0.406. The van der Waals surface area contributed by atoms with Crippen LogP contribution in [0.5, 0.6) is 0 Å². The molecule has 0 radical (unpaired) electrons. The van der Waals surface area contributed by atoms with Crippen molar-refractivity contribution in [3.05, 3.63) is 70.0 Å². The molecule has 0 saturated carbocycles. The maximum atomic E-state index is 13.3. The summed E-state index contributed by atoms with van der Waals surface area (Å²) in [5.41, 5.74) is 1.23. The van der Waals surface area contributed by atoms with Crippen molar-refractivity contribution in [2.45, 2.75) is 32.4 Å². The van der Waals surface area contributed by atoms with Crippen molar-refractivity contribution in [1.82, 2.24) is 9.64 Å². The molecule has 0 N–H and O–H groups in total. The van der Waals surface area contributed by atoms with Crippen molar-refractivity contribution >= 4 is 11.0 Å². The lowest BCUT2D eigenvalue weighted by atomic mass is 9.93. The van der Waals surface area contributed by atoms with E-state index < -0.39 is 5.82 Å². The number of likely N-dealkylation sites (tertiary alicyclic amines) is 1. The van der Waals surface area contributed by atoms with Gasteiger partial charge in [-0.05, 0) is 68.1 Å². The molecule has 0 unspecified atom stereocenters. The molecule has 0 spiro atoms. The van der Waals surface area contributed by atoms with Crippen LogP contribution in [0.1, 0.15) is 24.8 Å². The molecule has 0 atom stereocenters. The summed E-state index contributed by atoms with van der Waals surface area (Å²) in [4.78, 5) is 14.7. The minimum absolute atomic E-state index is 0.196. The summed E-state index contributed by atoms with van der Waals surface area (Å²) in [6, 6.07) is 10.7. The van der Waals surface area contributed by atoms with E-state index in [2.05, 4.69) is 4.90 Å². The molecular formula is C21H22F2N2O2. The van der Waals surface area contributed by atoms with Crippen LogP contribution in [0.15, 0.2) is 51.8 Å². The smallest absolute Gasteiger partial charge is 0.290 e. The fourth-order valence-electron chi connectivity index (χ4n) is 3.77. The summed E-state index contributed by atoms with van der Waals surface area (Å²) in [7, 11) is 0. The summed E-state index contributed by atoms with van der Waals surface area (Å²) >= 11 is 0. The third kappa shape index (κ3) is 4.11. The molecule has 1 aliphatic heterocycles. The average molecular weight is 372 g/mol. The first-order chi connectivity index (χ1) is 13.1. The van der Waals surface area contributed by atoms with E-state index in [0.29, 0.717) is 23.4 Å². The summed E-state index contributed by atoms with van der Waals surface area (Å²) in [5.74, 6) is -0.0794. The highest BCUT2D eigenvalue weighted by molar-refractivity contribution is 5.75. The number of nitrogens with zero attached hydrogens (tertiary/aromatic N) is 2. The van der Waals surface area contributed by atoms with E-state index in [4.69, 9.17) is 4.52 Å². The first-order valence-electron chi connectivity index (χ1n) is 9.35. The van der Waals surface area contributed by atoms with Crippen molar-refractivity contribution in [2.75, 3.05) is 13.1 Å². The SMILES string of the molecule is O=c1c2ccc(F)cc2on1CCC1CCN(Cc2ccc(F)cc2)CC1. The van der Waals surface area contributed by atoms with Crippen molar-refractivity contribution in [3.8, 4) is 0 Å². The molecule has 27 heavy (non-hydrogen) atoms. The van der Waals surface area contributed by atoms with Gasteiger partial charge in [-0.1, -0.05) is 12.1 Å².